The average molecular weight is 339 g/mol. The van der Waals surface area contributed by atoms with Gasteiger partial charge in [0.15, 0.2) is 0 Å². The third kappa shape index (κ3) is 4.63. The summed E-state index contributed by atoms with van der Waals surface area (Å²) < 4.78 is 11.0. The molecule has 1 atom stereocenters. The molecule has 0 aromatic heterocycles. The molecule has 0 aliphatic heterocycles. The highest BCUT2D eigenvalue weighted by atomic mass is 16.5. The van der Waals surface area contributed by atoms with Gasteiger partial charge in [-0.1, -0.05) is 36.4 Å². The molecule has 1 unspecified atom stereocenters. The molecule has 0 aliphatic rings. The van der Waals surface area contributed by atoms with E-state index in [9.17, 15) is 4.79 Å². The molecule has 4 nitrogen and oxygen atoms in total. The van der Waals surface area contributed by atoms with E-state index in [4.69, 9.17) is 9.47 Å². The van der Waals surface area contributed by atoms with Crippen molar-refractivity contribution in [3.8, 4) is 11.5 Å². The lowest BCUT2D eigenvalue weighted by atomic mass is 10.1. The predicted molar refractivity (Wildman–Crippen MR) is 101 cm³/mol. The molecule has 0 saturated carbocycles. The molecule has 0 radical (unpaired) electrons. The van der Waals surface area contributed by atoms with Crippen molar-refractivity contribution in [2.45, 2.75) is 19.9 Å². The molecule has 0 spiro atoms. The minimum Gasteiger partial charge on any atom is -0.496 e. The van der Waals surface area contributed by atoms with Crippen molar-refractivity contribution in [2.24, 2.45) is 0 Å². The largest absolute Gasteiger partial charge is 0.496 e. The number of para-hydroxylation sites is 2. The Kier molecular flexibility index (Phi) is 6.63. The Hall–Kier alpha value is -2.75. The van der Waals surface area contributed by atoms with Crippen LogP contribution in [0.1, 0.15) is 31.0 Å². The van der Waals surface area contributed by atoms with E-state index in [1.807, 2.05) is 62.4 Å². The summed E-state index contributed by atoms with van der Waals surface area (Å²) >= 11 is 0. The maximum Gasteiger partial charge on any atom is 0.246 e. The molecule has 0 fully saturated rings. The van der Waals surface area contributed by atoms with Gasteiger partial charge in [0.1, 0.15) is 11.5 Å². The molecule has 2 rings (SSSR count). The van der Waals surface area contributed by atoms with Gasteiger partial charge in [-0.25, -0.2) is 0 Å². The average Bonchev–Trinajstić information content (AvgIpc) is 2.66. The van der Waals surface area contributed by atoms with Crippen molar-refractivity contribution < 1.29 is 14.3 Å². The second kappa shape index (κ2) is 8.92. The van der Waals surface area contributed by atoms with Gasteiger partial charge in [-0.2, -0.15) is 0 Å². The van der Waals surface area contributed by atoms with Crippen molar-refractivity contribution in [1.29, 1.82) is 0 Å². The van der Waals surface area contributed by atoms with Crippen molar-refractivity contribution in [2.75, 3.05) is 20.8 Å². The zero-order valence-corrected chi connectivity index (χ0v) is 15.2. The second-order valence-electron chi connectivity index (χ2n) is 5.67. The Balaban J connectivity index is 2.15. The Morgan fingerprint density at radius 2 is 1.76 bits per heavy atom. The molecule has 0 aliphatic carbocycles. The van der Waals surface area contributed by atoms with Gasteiger partial charge < -0.3 is 14.4 Å². The van der Waals surface area contributed by atoms with E-state index >= 15 is 0 Å². The van der Waals surface area contributed by atoms with Crippen LogP contribution in [0.25, 0.3) is 6.08 Å². The first-order chi connectivity index (χ1) is 12.1. The Morgan fingerprint density at radius 1 is 1.12 bits per heavy atom. The number of hydrogen-bond acceptors (Lipinski definition) is 3. The van der Waals surface area contributed by atoms with E-state index < -0.39 is 0 Å². The van der Waals surface area contributed by atoms with E-state index in [2.05, 4.69) is 0 Å². The van der Waals surface area contributed by atoms with Gasteiger partial charge in [0, 0.05) is 24.3 Å². The minimum atomic E-state index is -0.101. The van der Waals surface area contributed by atoms with E-state index in [0.717, 1.165) is 22.6 Å². The van der Waals surface area contributed by atoms with Crippen LogP contribution in [0.15, 0.2) is 54.6 Å². The van der Waals surface area contributed by atoms with Crippen molar-refractivity contribution in [3.05, 3.63) is 65.7 Å². The Bertz CT molecular complexity index is 739. The van der Waals surface area contributed by atoms with Crippen LogP contribution >= 0.6 is 0 Å². The van der Waals surface area contributed by atoms with Gasteiger partial charge in [-0.3, -0.25) is 4.79 Å². The number of carbonyl (C=O) groups is 1. The van der Waals surface area contributed by atoms with E-state index in [0.29, 0.717) is 6.61 Å². The summed E-state index contributed by atoms with van der Waals surface area (Å²) in [7, 11) is 3.43. The van der Waals surface area contributed by atoms with Gasteiger partial charge >= 0.3 is 0 Å². The molecule has 1 amide bonds. The molecule has 0 heterocycles. The summed E-state index contributed by atoms with van der Waals surface area (Å²) in [4.78, 5) is 14.2. The lowest BCUT2D eigenvalue weighted by Gasteiger charge is -2.25. The van der Waals surface area contributed by atoms with Gasteiger partial charge in [0.2, 0.25) is 5.91 Å². The number of methoxy groups -OCH3 is 1. The fourth-order valence-electron chi connectivity index (χ4n) is 2.59. The number of hydrogen-bond donors (Lipinski definition) is 0. The molecular weight excluding hydrogens is 314 g/mol. The fourth-order valence-corrected chi connectivity index (χ4v) is 2.59. The van der Waals surface area contributed by atoms with Crippen molar-refractivity contribution in [3.63, 3.8) is 0 Å². The van der Waals surface area contributed by atoms with E-state index in [-0.39, 0.29) is 11.9 Å². The highest BCUT2D eigenvalue weighted by molar-refractivity contribution is 5.92. The summed E-state index contributed by atoms with van der Waals surface area (Å²) in [5, 5.41) is 0. The monoisotopic (exact) mass is 339 g/mol. The molecule has 0 saturated heterocycles. The summed E-state index contributed by atoms with van der Waals surface area (Å²) in [6, 6.07) is 15.3. The third-order valence-corrected chi connectivity index (χ3v) is 4.14. The normalized spacial score (nSPS) is 12.0. The molecule has 0 bridgehead atoms. The number of rotatable bonds is 7. The molecule has 25 heavy (non-hydrogen) atoms. The first-order valence-corrected chi connectivity index (χ1v) is 8.38. The fraction of sp³-hybridized carbons (Fsp3) is 0.286. The van der Waals surface area contributed by atoms with Crippen molar-refractivity contribution >= 4 is 12.0 Å². The topological polar surface area (TPSA) is 38.8 Å². The number of likely N-dealkylation sites (N-methyl/N-ethyl adjacent to an activating group) is 1. The highest BCUT2D eigenvalue weighted by Crippen LogP contribution is 2.28. The SMILES string of the molecule is CCOc1ccccc1C=CC(=O)N(C)C(C)c1ccccc1OC. The Labute approximate surface area is 149 Å². The molecular formula is C21H25NO3. The van der Waals surface area contributed by atoms with Gasteiger partial charge in [0.05, 0.1) is 19.8 Å². The summed E-state index contributed by atoms with van der Waals surface area (Å²) in [5.74, 6) is 1.47. The van der Waals surface area contributed by atoms with E-state index in [1.54, 1.807) is 31.2 Å². The van der Waals surface area contributed by atoms with Crippen LogP contribution in [-0.4, -0.2) is 31.6 Å². The van der Waals surface area contributed by atoms with Gasteiger partial charge in [0.25, 0.3) is 0 Å². The Morgan fingerprint density at radius 3 is 2.44 bits per heavy atom. The summed E-state index contributed by atoms with van der Waals surface area (Å²) in [5.41, 5.74) is 1.86. The van der Waals surface area contributed by atoms with Crippen LogP contribution in [-0.2, 0) is 4.79 Å². The quantitative estimate of drug-likeness (QED) is 0.705. The summed E-state index contributed by atoms with van der Waals surface area (Å²) in [6.45, 7) is 4.51. The van der Waals surface area contributed by atoms with Gasteiger partial charge in [-0.15, -0.1) is 0 Å². The van der Waals surface area contributed by atoms with Crippen LogP contribution in [0.4, 0.5) is 0 Å². The zero-order chi connectivity index (χ0) is 18.2. The molecule has 2 aromatic rings. The highest BCUT2D eigenvalue weighted by Gasteiger charge is 2.18. The lowest BCUT2D eigenvalue weighted by Crippen LogP contribution is -2.28. The van der Waals surface area contributed by atoms with Crippen LogP contribution < -0.4 is 9.47 Å². The first kappa shape index (κ1) is 18.6. The summed E-state index contributed by atoms with van der Waals surface area (Å²) in [6.07, 6.45) is 3.36. The molecule has 2 aromatic carbocycles. The smallest absolute Gasteiger partial charge is 0.246 e. The maximum absolute atomic E-state index is 12.6. The molecule has 4 heteroatoms. The number of nitrogens with zero attached hydrogens (tertiary/aromatic N) is 1. The van der Waals surface area contributed by atoms with Crippen LogP contribution in [0.3, 0.4) is 0 Å². The first-order valence-electron chi connectivity index (χ1n) is 8.38. The maximum atomic E-state index is 12.6. The predicted octanol–water partition coefficient (Wildman–Crippen LogP) is 4.33. The van der Waals surface area contributed by atoms with Crippen LogP contribution in [0.2, 0.25) is 0 Å². The van der Waals surface area contributed by atoms with Crippen LogP contribution in [0.5, 0.6) is 11.5 Å². The zero-order valence-electron chi connectivity index (χ0n) is 15.2. The van der Waals surface area contributed by atoms with E-state index in [1.165, 1.54) is 0 Å². The number of carbonyl (C=O) groups excluding carboxylic acids is 1. The molecule has 0 N–H and O–H groups in total. The third-order valence-electron chi connectivity index (χ3n) is 4.14. The number of amides is 1. The lowest BCUT2D eigenvalue weighted by molar-refractivity contribution is -0.126. The minimum absolute atomic E-state index is 0.0790. The second-order valence-corrected chi connectivity index (χ2v) is 5.67. The van der Waals surface area contributed by atoms with Crippen molar-refractivity contribution in [1.82, 2.24) is 4.90 Å². The van der Waals surface area contributed by atoms with Gasteiger partial charge in [-0.05, 0) is 32.1 Å². The number of ether oxygens (including phenoxy) is 2. The molecule has 132 valence electrons. The van der Waals surface area contributed by atoms with Crippen LogP contribution in [0, 0.1) is 0 Å². The standard InChI is InChI=1S/C21H25NO3/c1-5-25-19-12-8-6-10-17(19)14-15-21(23)22(3)16(2)18-11-7-9-13-20(18)24-4/h6-16H,5H2,1-4H3. The number of benzene rings is 2.